The zero-order valence-electron chi connectivity index (χ0n) is 20.0. The normalized spacial score (nSPS) is 22.9. The van der Waals surface area contributed by atoms with Gasteiger partial charge in [0.2, 0.25) is 5.95 Å². The van der Waals surface area contributed by atoms with Gasteiger partial charge < -0.3 is 10.6 Å². The van der Waals surface area contributed by atoms with Crippen molar-refractivity contribution in [1.82, 2.24) is 25.2 Å². The average molecular weight is 492 g/mol. The highest BCUT2D eigenvalue weighted by atomic mass is 19.1. The molecule has 1 atom stereocenters. The van der Waals surface area contributed by atoms with E-state index in [9.17, 15) is 18.4 Å². The fourth-order valence-electron chi connectivity index (χ4n) is 5.39. The Kier molecular flexibility index (Phi) is 5.83. The molecule has 1 amide bonds. The number of carbonyl (C=O) groups is 1. The summed E-state index contributed by atoms with van der Waals surface area (Å²) in [5, 5.41) is 6.84. The number of carbonyl (C=O) groups excluding carboxylic acids is 1. The number of aromatic nitrogens is 3. The number of nitrogens with zero attached hydrogens (tertiary/aromatic N) is 3. The first-order valence-corrected chi connectivity index (χ1v) is 11.8. The predicted molar refractivity (Wildman–Crippen MR) is 134 cm³/mol. The van der Waals surface area contributed by atoms with Gasteiger partial charge in [-0.2, -0.15) is 4.39 Å². The van der Waals surface area contributed by atoms with E-state index in [1.165, 1.54) is 16.8 Å². The van der Waals surface area contributed by atoms with Crippen LogP contribution < -0.4 is 16.2 Å². The van der Waals surface area contributed by atoms with Crippen LogP contribution in [0.1, 0.15) is 59.7 Å². The van der Waals surface area contributed by atoms with Crippen molar-refractivity contribution >= 4 is 29.1 Å². The summed E-state index contributed by atoms with van der Waals surface area (Å²) in [6.07, 6.45) is 4.44. The lowest BCUT2D eigenvalue weighted by atomic mass is 9.42. The Balaban J connectivity index is 1.28. The molecule has 0 aliphatic heterocycles. The van der Waals surface area contributed by atoms with Gasteiger partial charge in [0.15, 0.2) is 0 Å². The predicted octanol–water partition coefficient (Wildman–Crippen LogP) is 4.15. The van der Waals surface area contributed by atoms with E-state index in [1.807, 2.05) is 13.0 Å². The zero-order valence-corrected chi connectivity index (χ0v) is 20.0. The number of hydrogen-bond acceptors (Lipinski definition) is 5. The van der Waals surface area contributed by atoms with Gasteiger partial charge in [-0.05, 0) is 61.4 Å². The summed E-state index contributed by atoms with van der Waals surface area (Å²) in [7, 11) is 0. The van der Waals surface area contributed by atoms with Gasteiger partial charge in [-0.25, -0.2) is 14.4 Å². The van der Waals surface area contributed by atoms with E-state index in [0.29, 0.717) is 36.9 Å². The van der Waals surface area contributed by atoms with E-state index in [0.717, 1.165) is 17.0 Å². The molecule has 3 fully saturated rings. The Morgan fingerprint density at radius 3 is 2.64 bits per heavy atom. The summed E-state index contributed by atoms with van der Waals surface area (Å²) in [5.74, 6) is -0.831. The summed E-state index contributed by atoms with van der Waals surface area (Å²) in [6.45, 7) is 9.88. The summed E-state index contributed by atoms with van der Waals surface area (Å²) >= 11 is 0. The molecule has 3 aromatic rings. The Bertz CT molecular complexity index is 1440. The molecule has 186 valence electrons. The SMILES string of the molecule is C=Cc1nc(C(=O)NCc2ccc3nc(F)c([C@H](C)NCC45CC(F)(C4)C5)cc3c2)cc(=O)n1C=C. The quantitative estimate of drug-likeness (QED) is 0.439. The maximum absolute atomic E-state index is 14.7. The largest absolute Gasteiger partial charge is 0.347 e. The second-order valence-corrected chi connectivity index (χ2v) is 9.96. The minimum atomic E-state index is -0.957. The molecule has 3 saturated carbocycles. The van der Waals surface area contributed by atoms with Gasteiger partial charge >= 0.3 is 0 Å². The van der Waals surface area contributed by atoms with E-state index in [-0.39, 0.29) is 29.5 Å². The third-order valence-electron chi connectivity index (χ3n) is 7.22. The highest BCUT2D eigenvalue weighted by molar-refractivity contribution is 5.92. The van der Waals surface area contributed by atoms with E-state index in [2.05, 4.69) is 33.8 Å². The second kappa shape index (κ2) is 8.74. The van der Waals surface area contributed by atoms with E-state index in [4.69, 9.17) is 0 Å². The van der Waals surface area contributed by atoms with Gasteiger partial charge in [0.25, 0.3) is 11.5 Å². The van der Waals surface area contributed by atoms with Crippen molar-refractivity contribution in [2.45, 2.75) is 44.4 Å². The monoisotopic (exact) mass is 491 g/mol. The fraction of sp³-hybridized carbons (Fsp3) is 0.333. The van der Waals surface area contributed by atoms with Gasteiger partial charge in [-0.1, -0.05) is 19.2 Å². The maximum atomic E-state index is 14.7. The first-order chi connectivity index (χ1) is 17.1. The molecule has 3 aliphatic rings. The molecular weight excluding hydrogens is 464 g/mol. The number of amides is 1. The van der Waals surface area contributed by atoms with Crippen LogP contribution in [-0.2, 0) is 6.54 Å². The second-order valence-electron chi connectivity index (χ2n) is 9.96. The molecular formula is C27H27F2N5O2. The lowest BCUT2D eigenvalue weighted by Gasteiger charge is -2.66. The van der Waals surface area contributed by atoms with Crippen molar-refractivity contribution in [1.29, 1.82) is 0 Å². The van der Waals surface area contributed by atoms with E-state index < -0.39 is 23.1 Å². The molecule has 1 aromatic carbocycles. The smallest absolute Gasteiger partial charge is 0.270 e. The number of halogens is 2. The highest BCUT2D eigenvalue weighted by Gasteiger charge is 2.68. The molecule has 0 radical (unpaired) electrons. The van der Waals surface area contributed by atoms with Gasteiger partial charge in [0.05, 0.1) is 5.52 Å². The molecule has 2 aromatic heterocycles. The Morgan fingerprint density at radius 2 is 1.97 bits per heavy atom. The molecule has 2 bridgehead atoms. The molecule has 36 heavy (non-hydrogen) atoms. The number of fused-ring (bicyclic) bond motifs is 1. The van der Waals surface area contributed by atoms with E-state index in [1.54, 1.807) is 18.2 Å². The summed E-state index contributed by atoms with van der Waals surface area (Å²) < 4.78 is 29.7. The molecule has 9 heteroatoms. The number of alkyl halides is 1. The Hall–Kier alpha value is -3.72. The first kappa shape index (κ1) is 24.0. The molecule has 0 saturated heterocycles. The van der Waals surface area contributed by atoms with Crippen molar-refractivity contribution in [3.63, 3.8) is 0 Å². The van der Waals surface area contributed by atoms with Crippen LogP contribution in [0.25, 0.3) is 23.2 Å². The molecule has 2 heterocycles. The van der Waals surface area contributed by atoms with Gasteiger partial charge in [0, 0.05) is 42.3 Å². The third-order valence-corrected chi connectivity index (χ3v) is 7.22. The van der Waals surface area contributed by atoms with Crippen LogP contribution in [0.2, 0.25) is 0 Å². The lowest BCUT2D eigenvalue weighted by molar-refractivity contribution is -0.210. The first-order valence-electron chi connectivity index (χ1n) is 11.8. The standard InChI is InChI=1S/C27H27F2N5O2/c1-4-22-32-21(10-23(35)34(22)5-2)25(36)30-11-17-6-7-20-18(8-17)9-19(24(28)33-20)16(3)31-15-26-12-27(29,13-26)14-26/h4-10,16,31H,1-2,11-15H2,3H3,(H,30,36)/t16-,26?,27?/m0/s1. The number of pyridine rings is 1. The number of nitrogens with one attached hydrogen (secondary N) is 2. The van der Waals surface area contributed by atoms with Crippen molar-refractivity contribution in [2.24, 2.45) is 5.41 Å². The van der Waals surface area contributed by atoms with Crippen molar-refractivity contribution < 1.29 is 13.6 Å². The van der Waals surface area contributed by atoms with Crippen LogP contribution in [-0.4, -0.2) is 32.7 Å². The Labute approximate surface area is 207 Å². The maximum Gasteiger partial charge on any atom is 0.270 e. The summed E-state index contributed by atoms with van der Waals surface area (Å²) in [6, 6.07) is 7.90. The van der Waals surface area contributed by atoms with Gasteiger partial charge in [0.1, 0.15) is 17.2 Å². The number of hydrogen-bond donors (Lipinski definition) is 2. The average Bonchev–Trinajstić information content (AvgIpc) is 2.82. The summed E-state index contributed by atoms with van der Waals surface area (Å²) in [5.41, 5.74) is 0.322. The van der Waals surface area contributed by atoms with Crippen LogP contribution >= 0.6 is 0 Å². The van der Waals surface area contributed by atoms with Crippen molar-refractivity contribution in [2.75, 3.05) is 6.54 Å². The van der Waals surface area contributed by atoms with Crippen LogP contribution in [0, 0.1) is 11.4 Å². The van der Waals surface area contributed by atoms with E-state index >= 15 is 0 Å². The number of rotatable bonds is 9. The number of benzene rings is 1. The molecule has 3 aliphatic carbocycles. The highest BCUT2D eigenvalue weighted by Crippen LogP contribution is 2.69. The van der Waals surface area contributed by atoms with Crippen LogP contribution in [0.3, 0.4) is 0 Å². The molecule has 0 unspecified atom stereocenters. The third kappa shape index (κ3) is 4.24. The van der Waals surface area contributed by atoms with Crippen molar-refractivity contribution in [3.05, 3.63) is 82.4 Å². The molecule has 7 nitrogen and oxygen atoms in total. The summed E-state index contributed by atoms with van der Waals surface area (Å²) in [4.78, 5) is 33.1. The molecule has 0 spiro atoms. The molecule has 2 N–H and O–H groups in total. The Morgan fingerprint density at radius 1 is 1.22 bits per heavy atom. The van der Waals surface area contributed by atoms with Gasteiger partial charge in [-0.15, -0.1) is 0 Å². The topological polar surface area (TPSA) is 88.9 Å². The minimum Gasteiger partial charge on any atom is -0.347 e. The minimum absolute atomic E-state index is 0.0218. The molecule has 6 rings (SSSR count). The van der Waals surface area contributed by atoms with Crippen molar-refractivity contribution in [3.8, 4) is 0 Å². The zero-order chi connectivity index (χ0) is 25.7. The van der Waals surface area contributed by atoms with Gasteiger partial charge in [-0.3, -0.25) is 14.2 Å². The van der Waals surface area contributed by atoms with Crippen LogP contribution in [0.5, 0.6) is 0 Å². The lowest BCUT2D eigenvalue weighted by Crippen LogP contribution is -2.67. The fourth-order valence-corrected chi connectivity index (χ4v) is 5.39. The van der Waals surface area contributed by atoms with Crippen LogP contribution in [0.4, 0.5) is 8.78 Å². The van der Waals surface area contributed by atoms with Crippen LogP contribution in [0.15, 0.2) is 48.3 Å².